The second kappa shape index (κ2) is 2.70. The van der Waals surface area contributed by atoms with E-state index in [2.05, 4.69) is 5.32 Å². The van der Waals surface area contributed by atoms with Gasteiger partial charge in [0.05, 0.1) is 0 Å². The summed E-state index contributed by atoms with van der Waals surface area (Å²) in [6, 6.07) is 0. The summed E-state index contributed by atoms with van der Waals surface area (Å²) in [5, 5.41) is 2.51. The Morgan fingerprint density at radius 2 is 2.38 bits per heavy atom. The molecule has 1 radical (unpaired) electrons. The van der Waals surface area contributed by atoms with Crippen LogP contribution in [0.3, 0.4) is 0 Å². The Balaban J connectivity index is 1.80. The lowest BCUT2D eigenvalue weighted by Crippen LogP contribution is -2.12. The van der Waals surface area contributed by atoms with Crippen LogP contribution < -0.4 is 5.32 Å². The molecular formula is C6H10NO. The van der Waals surface area contributed by atoms with Crippen LogP contribution in [0.4, 0.5) is 0 Å². The third-order valence-corrected chi connectivity index (χ3v) is 1.45. The predicted molar refractivity (Wildman–Crippen MR) is 31.0 cm³/mol. The smallest absolute Gasteiger partial charge is 0.309 e. The van der Waals surface area contributed by atoms with E-state index in [1.807, 2.05) is 0 Å². The van der Waals surface area contributed by atoms with Gasteiger partial charge in [-0.1, -0.05) is 12.8 Å². The third kappa shape index (κ3) is 1.96. The molecule has 1 rings (SSSR count). The van der Waals surface area contributed by atoms with Crippen molar-refractivity contribution in [2.75, 3.05) is 6.54 Å². The van der Waals surface area contributed by atoms with Crippen molar-refractivity contribution < 1.29 is 4.79 Å². The Morgan fingerprint density at radius 3 is 2.88 bits per heavy atom. The van der Waals surface area contributed by atoms with Crippen molar-refractivity contribution in [2.24, 2.45) is 5.92 Å². The van der Waals surface area contributed by atoms with Crippen molar-refractivity contribution in [1.29, 1.82) is 0 Å². The van der Waals surface area contributed by atoms with Gasteiger partial charge in [-0.2, -0.15) is 0 Å². The minimum Gasteiger partial charge on any atom is -0.348 e. The maximum atomic E-state index is 9.57. The summed E-state index contributed by atoms with van der Waals surface area (Å²) in [4.78, 5) is 9.57. The summed E-state index contributed by atoms with van der Waals surface area (Å²) in [5.41, 5.74) is 0. The maximum Gasteiger partial charge on any atom is 0.309 e. The molecule has 0 unspecified atom stereocenters. The molecule has 0 aromatic heterocycles. The lowest BCUT2D eigenvalue weighted by atomic mass is 10.3. The van der Waals surface area contributed by atoms with Gasteiger partial charge in [0.15, 0.2) is 0 Å². The minimum atomic E-state index is 0.814. The van der Waals surface area contributed by atoms with Crippen LogP contribution in [0.15, 0.2) is 0 Å². The molecular weight excluding hydrogens is 102 g/mol. The molecule has 0 aromatic rings. The monoisotopic (exact) mass is 112 g/mol. The van der Waals surface area contributed by atoms with Gasteiger partial charge in [0, 0.05) is 6.54 Å². The van der Waals surface area contributed by atoms with Gasteiger partial charge in [0.2, 0.25) is 0 Å². The zero-order valence-corrected chi connectivity index (χ0v) is 4.81. The van der Waals surface area contributed by atoms with Crippen LogP contribution in [0.5, 0.6) is 0 Å². The largest absolute Gasteiger partial charge is 0.348 e. The Kier molecular flexibility index (Phi) is 1.89. The summed E-state index contributed by atoms with van der Waals surface area (Å²) >= 11 is 0. The van der Waals surface area contributed by atoms with E-state index in [0.29, 0.717) is 0 Å². The number of hydrogen-bond donors (Lipinski definition) is 1. The topological polar surface area (TPSA) is 29.1 Å². The molecule has 1 aliphatic rings. The fourth-order valence-electron chi connectivity index (χ4n) is 0.734. The molecule has 2 nitrogen and oxygen atoms in total. The molecule has 1 aliphatic carbocycles. The molecule has 1 fully saturated rings. The normalized spacial score (nSPS) is 18.0. The fourth-order valence-corrected chi connectivity index (χ4v) is 0.734. The Morgan fingerprint density at radius 1 is 1.62 bits per heavy atom. The molecule has 8 heavy (non-hydrogen) atoms. The van der Waals surface area contributed by atoms with Gasteiger partial charge in [-0.3, -0.25) is 4.79 Å². The molecule has 0 atom stereocenters. The number of amides is 1. The molecule has 45 valence electrons. The van der Waals surface area contributed by atoms with Gasteiger partial charge >= 0.3 is 6.41 Å². The van der Waals surface area contributed by atoms with Gasteiger partial charge in [-0.05, 0) is 12.3 Å². The van der Waals surface area contributed by atoms with Crippen molar-refractivity contribution in [3.05, 3.63) is 0 Å². The van der Waals surface area contributed by atoms with Crippen LogP contribution in [-0.2, 0) is 4.79 Å². The Hall–Kier alpha value is -0.530. The summed E-state index contributed by atoms with van der Waals surface area (Å²) in [5.74, 6) is 0.913. The van der Waals surface area contributed by atoms with E-state index in [1.54, 1.807) is 6.41 Å². The predicted octanol–water partition coefficient (Wildman–Crippen LogP) is 0.443. The van der Waals surface area contributed by atoms with E-state index in [0.717, 1.165) is 18.9 Å². The quantitative estimate of drug-likeness (QED) is 0.415. The first-order chi connectivity index (χ1) is 3.93. The lowest BCUT2D eigenvalue weighted by Gasteiger charge is -1.91. The van der Waals surface area contributed by atoms with Crippen LogP contribution in [0.25, 0.3) is 0 Å². The van der Waals surface area contributed by atoms with Gasteiger partial charge in [0.1, 0.15) is 0 Å². The molecule has 0 spiro atoms. The molecule has 0 saturated heterocycles. The highest BCUT2D eigenvalue weighted by molar-refractivity contribution is 5.46. The van der Waals surface area contributed by atoms with Crippen molar-refractivity contribution in [2.45, 2.75) is 19.3 Å². The molecule has 0 bridgehead atoms. The molecule has 1 saturated carbocycles. The van der Waals surface area contributed by atoms with E-state index in [-0.39, 0.29) is 0 Å². The van der Waals surface area contributed by atoms with E-state index < -0.39 is 0 Å². The average molecular weight is 112 g/mol. The molecule has 0 aromatic carbocycles. The van der Waals surface area contributed by atoms with Gasteiger partial charge < -0.3 is 5.32 Å². The standard InChI is InChI=1S/C6H10NO/c8-5-7-4-3-6-1-2-6/h6H,1-4H2,(H,7,8). The van der Waals surface area contributed by atoms with Crippen molar-refractivity contribution >= 4 is 6.41 Å². The van der Waals surface area contributed by atoms with Crippen LogP contribution >= 0.6 is 0 Å². The van der Waals surface area contributed by atoms with Gasteiger partial charge in [0.25, 0.3) is 0 Å². The SMILES string of the molecule is O=[C]NCCC1CC1. The van der Waals surface area contributed by atoms with E-state index >= 15 is 0 Å². The van der Waals surface area contributed by atoms with E-state index in [9.17, 15) is 4.79 Å². The van der Waals surface area contributed by atoms with Crippen LogP contribution in [-0.4, -0.2) is 13.0 Å². The molecule has 0 aliphatic heterocycles. The summed E-state index contributed by atoms with van der Waals surface area (Å²) in [6.07, 6.45) is 5.52. The highest BCUT2D eigenvalue weighted by Gasteiger charge is 2.19. The average Bonchev–Trinajstić information content (AvgIpc) is 2.51. The van der Waals surface area contributed by atoms with E-state index in [4.69, 9.17) is 0 Å². The Labute approximate surface area is 49.3 Å². The molecule has 2 heteroatoms. The highest BCUT2D eigenvalue weighted by atomic mass is 16.1. The second-order valence-corrected chi connectivity index (χ2v) is 2.26. The van der Waals surface area contributed by atoms with Crippen LogP contribution in [0, 0.1) is 5.92 Å². The van der Waals surface area contributed by atoms with Crippen molar-refractivity contribution in [3.63, 3.8) is 0 Å². The number of nitrogens with one attached hydrogen (secondary N) is 1. The zero-order valence-electron chi connectivity index (χ0n) is 4.81. The van der Waals surface area contributed by atoms with Crippen molar-refractivity contribution in [1.82, 2.24) is 5.32 Å². The first kappa shape index (κ1) is 5.60. The van der Waals surface area contributed by atoms with Gasteiger partial charge in [-0.25, -0.2) is 0 Å². The maximum absolute atomic E-state index is 9.57. The molecule has 1 N–H and O–H groups in total. The molecule has 0 heterocycles. The Bertz CT molecular complexity index is 78.6. The van der Waals surface area contributed by atoms with Gasteiger partial charge in [-0.15, -0.1) is 0 Å². The van der Waals surface area contributed by atoms with Crippen molar-refractivity contribution in [3.8, 4) is 0 Å². The minimum absolute atomic E-state index is 0.814. The highest BCUT2D eigenvalue weighted by Crippen LogP contribution is 2.31. The van der Waals surface area contributed by atoms with Crippen LogP contribution in [0.1, 0.15) is 19.3 Å². The summed E-state index contributed by atoms with van der Waals surface area (Å²) in [7, 11) is 0. The van der Waals surface area contributed by atoms with E-state index in [1.165, 1.54) is 12.8 Å². The number of carbonyl (C=O) groups excluding carboxylic acids is 1. The first-order valence-corrected chi connectivity index (χ1v) is 3.03. The third-order valence-electron chi connectivity index (χ3n) is 1.45. The number of hydrogen-bond acceptors (Lipinski definition) is 1. The number of rotatable bonds is 4. The fraction of sp³-hybridized carbons (Fsp3) is 0.833. The second-order valence-electron chi connectivity index (χ2n) is 2.26. The molecule has 1 amide bonds. The summed E-state index contributed by atoms with van der Waals surface area (Å²) < 4.78 is 0. The van der Waals surface area contributed by atoms with Crippen LogP contribution in [0.2, 0.25) is 0 Å². The summed E-state index contributed by atoms with van der Waals surface area (Å²) in [6.45, 7) is 0.814. The zero-order chi connectivity index (χ0) is 5.82. The first-order valence-electron chi connectivity index (χ1n) is 3.03. The lowest BCUT2D eigenvalue weighted by molar-refractivity contribution is 0.538.